The molecule has 3 heterocycles. The number of anilines is 1. The topological polar surface area (TPSA) is 102 Å². The van der Waals surface area contributed by atoms with Crippen LogP contribution in [0.2, 0.25) is 0 Å². The number of carbonyl (C=O) groups is 1. The second-order valence-corrected chi connectivity index (χ2v) is 11.1. The van der Waals surface area contributed by atoms with Crippen molar-refractivity contribution in [1.82, 2.24) is 29.7 Å². The Labute approximate surface area is 223 Å². The number of carboxylic acid groups (broad SMARTS) is 1. The maximum absolute atomic E-state index is 10.7. The van der Waals surface area contributed by atoms with Crippen LogP contribution in [0.3, 0.4) is 0 Å². The minimum Gasteiger partial charge on any atom is -0.465 e. The van der Waals surface area contributed by atoms with Crippen LogP contribution in [0, 0.1) is 6.92 Å². The summed E-state index contributed by atoms with van der Waals surface area (Å²) >= 11 is 0. The molecule has 38 heavy (non-hydrogen) atoms. The number of piperazine rings is 1. The zero-order valence-electron chi connectivity index (χ0n) is 22.7. The highest BCUT2D eigenvalue weighted by atomic mass is 16.4. The van der Waals surface area contributed by atoms with Crippen LogP contribution in [0.25, 0.3) is 22.4 Å². The quantitative estimate of drug-likeness (QED) is 0.332. The molecule has 200 valence electrons. The number of para-hydroxylation sites is 1. The summed E-state index contributed by atoms with van der Waals surface area (Å²) in [5.74, 6) is 1.80. The van der Waals surface area contributed by atoms with Gasteiger partial charge in [-0.2, -0.15) is 0 Å². The van der Waals surface area contributed by atoms with E-state index in [-0.39, 0.29) is 5.41 Å². The third-order valence-electron chi connectivity index (χ3n) is 7.27. The number of hydrogen-bond donors (Lipinski definition) is 3. The molecule has 1 amide bonds. The number of amides is 1. The Morgan fingerprint density at radius 2 is 1.79 bits per heavy atom. The van der Waals surface area contributed by atoms with Crippen molar-refractivity contribution < 1.29 is 9.90 Å². The van der Waals surface area contributed by atoms with Crippen molar-refractivity contribution in [2.75, 3.05) is 37.6 Å². The van der Waals surface area contributed by atoms with E-state index in [0.717, 1.165) is 66.7 Å². The molecule has 1 saturated heterocycles. The molecule has 1 aliphatic rings. The van der Waals surface area contributed by atoms with E-state index in [9.17, 15) is 4.79 Å². The van der Waals surface area contributed by atoms with Gasteiger partial charge in [0.2, 0.25) is 0 Å². The second-order valence-electron chi connectivity index (χ2n) is 11.1. The monoisotopic (exact) mass is 515 g/mol. The molecule has 0 aliphatic carbocycles. The van der Waals surface area contributed by atoms with Crippen molar-refractivity contribution in [1.29, 1.82) is 0 Å². The number of aromatic amines is 1. The van der Waals surface area contributed by atoms with Gasteiger partial charge in [0.1, 0.15) is 17.2 Å². The van der Waals surface area contributed by atoms with Crippen LogP contribution < -0.4 is 10.2 Å². The fraction of sp³-hybridized carbons (Fsp3) is 0.414. The van der Waals surface area contributed by atoms with Crippen molar-refractivity contribution in [2.45, 2.75) is 46.2 Å². The number of rotatable bonds is 7. The largest absolute Gasteiger partial charge is 0.465 e. The van der Waals surface area contributed by atoms with E-state index in [2.05, 4.69) is 88.3 Å². The maximum atomic E-state index is 10.7. The highest BCUT2D eigenvalue weighted by molar-refractivity contribution is 5.91. The summed E-state index contributed by atoms with van der Waals surface area (Å²) < 4.78 is 2.01. The summed E-state index contributed by atoms with van der Waals surface area (Å²) in [5, 5.41) is 11.2. The molecule has 3 N–H and O–H groups in total. The van der Waals surface area contributed by atoms with Gasteiger partial charge >= 0.3 is 6.09 Å². The summed E-state index contributed by atoms with van der Waals surface area (Å²) in [6, 6.07) is 15.1. The van der Waals surface area contributed by atoms with Crippen LogP contribution in [-0.2, 0) is 18.5 Å². The Kier molecular flexibility index (Phi) is 7.12. The lowest BCUT2D eigenvalue weighted by Crippen LogP contribution is -2.46. The molecule has 0 unspecified atom stereocenters. The molecule has 0 saturated carbocycles. The Balaban J connectivity index is 1.24. The van der Waals surface area contributed by atoms with Gasteiger partial charge < -0.3 is 24.9 Å². The van der Waals surface area contributed by atoms with E-state index in [1.165, 1.54) is 11.3 Å². The summed E-state index contributed by atoms with van der Waals surface area (Å²) in [6.45, 7) is 14.1. The number of H-pyrrole nitrogens is 1. The molecule has 2 aromatic heterocycles. The maximum Gasteiger partial charge on any atom is 0.404 e. The average molecular weight is 516 g/mol. The molecule has 9 heteroatoms. The van der Waals surface area contributed by atoms with Crippen LogP contribution >= 0.6 is 0 Å². The number of benzene rings is 2. The lowest BCUT2D eigenvalue weighted by molar-refractivity contribution is 0.194. The van der Waals surface area contributed by atoms with Crippen molar-refractivity contribution in [2.24, 2.45) is 0 Å². The first-order valence-corrected chi connectivity index (χ1v) is 13.2. The lowest BCUT2D eigenvalue weighted by Gasteiger charge is -2.35. The molecule has 0 bridgehead atoms. The number of nitrogens with one attached hydrogen (secondary N) is 2. The predicted molar refractivity (Wildman–Crippen MR) is 151 cm³/mol. The van der Waals surface area contributed by atoms with Crippen LogP contribution in [0.4, 0.5) is 10.5 Å². The fourth-order valence-electron chi connectivity index (χ4n) is 5.07. The Morgan fingerprint density at radius 1 is 1.05 bits per heavy atom. The van der Waals surface area contributed by atoms with E-state index in [0.29, 0.717) is 13.1 Å². The summed E-state index contributed by atoms with van der Waals surface area (Å²) in [5.41, 5.74) is 6.79. The minimum atomic E-state index is -1.00. The zero-order valence-corrected chi connectivity index (χ0v) is 22.7. The number of imidazole rings is 2. The third kappa shape index (κ3) is 5.67. The first-order valence-electron chi connectivity index (χ1n) is 13.2. The summed E-state index contributed by atoms with van der Waals surface area (Å²) in [7, 11) is 0. The van der Waals surface area contributed by atoms with Gasteiger partial charge in [0.15, 0.2) is 0 Å². The van der Waals surface area contributed by atoms with Crippen molar-refractivity contribution in [3.63, 3.8) is 0 Å². The van der Waals surface area contributed by atoms with Gasteiger partial charge in [-0.1, -0.05) is 51.1 Å². The van der Waals surface area contributed by atoms with E-state index in [1.54, 1.807) is 0 Å². The smallest absolute Gasteiger partial charge is 0.404 e. The van der Waals surface area contributed by atoms with Crippen LogP contribution in [0.15, 0.2) is 48.7 Å². The van der Waals surface area contributed by atoms with Crippen molar-refractivity contribution >= 4 is 22.8 Å². The van der Waals surface area contributed by atoms with Gasteiger partial charge in [0.05, 0.1) is 16.9 Å². The van der Waals surface area contributed by atoms with Crippen molar-refractivity contribution in [3.05, 3.63) is 65.7 Å². The SMILES string of the molecule is Cc1nc(CN2CCN(c3cccc4[nH]c(-c5ccc(C(C)(C)C)cc5)nc34)CC2)cn1CCNC(=O)O. The molecule has 4 aromatic rings. The molecule has 5 rings (SSSR count). The molecular weight excluding hydrogens is 478 g/mol. The summed E-state index contributed by atoms with van der Waals surface area (Å²) in [4.78, 5) is 28.8. The van der Waals surface area contributed by atoms with Gasteiger partial charge in [0.25, 0.3) is 0 Å². The van der Waals surface area contributed by atoms with Crippen LogP contribution in [0.5, 0.6) is 0 Å². The van der Waals surface area contributed by atoms with Gasteiger partial charge in [-0.3, -0.25) is 4.90 Å². The lowest BCUT2D eigenvalue weighted by atomic mass is 9.87. The highest BCUT2D eigenvalue weighted by Crippen LogP contribution is 2.30. The van der Waals surface area contributed by atoms with E-state index in [4.69, 9.17) is 10.1 Å². The predicted octanol–water partition coefficient (Wildman–Crippen LogP) is 4.62. The van der Waals surface area contributed by atoms with E-state index >= 15 is 0 Å². The van der Waals surface area contributed by atoms with Gasteiger partial charge in [0, 0.05) is 57.6 Å². The third-order valence-corrected chi connectivity index (χ3v) is 7.27. The molecule has 0 atom stereocenters. The van der Waals surface area contributed by atoms with E-state index < -0.39 is 6.09 Å². The summed E-state index contributed by atoms with van der Waals surface area (Å²) in [6.07, 6.45) is 1.03. The van der Waals surface area contributed by atoms with Gasteiger partial charge in [-0.05, 0) is 30.0 Å². The molecule has 2 aromatic carbocycles. The first kappa shape index (κ1) is 25.8. The number of aromatic nitrogens is 4. The molecular formula is C29H37N7O2. The van der Waals surface area contributed by atoms with Crippen LogP contribution in [0.1, 0.15) is 37.9 Å². The van der Waals surface area contributed by atoms with Crippen molar-refractivity contribution in [3.8, 4) is 11.4 Å². The van der Waals surface area contributed by atoms with Gasteiger partial charge in [-0.15, -0.1) is 0 Å². The molecule has 0 spiro atoms. The fourth-order valence-corrected chi connectivity index (χ4v) is 5.07. The van der Waals surface area contributed by atoms with Crippen LogP contribution in [-0.4, -0.2) is 68.3 Å². The highest BCUT2D eigenvalue weighted by Gasteiger charge is 2.21. The first-order chi connectivity index (χ1) is 18.2. The Hall–Kier alpha value is -3.85. The molecule has 1 aliphatic heterocycles. The number of nitrogens with zero attached hydrogens (tertiary/aromatic N) is 5. The molecule has 0 radical (unpaired) electrons. The normalized spacial score (nSPS) is 14.8. The standard InChI is InChI=1S/C29H37N7O2/c1-20-31-23(19-36(20)13-12-30-28(37)38)18-34-14-16-35(17-15-34)25-7-5-6-24-26(25)33-27(32-24)21-8-10-22(11-9-21)29(2,3)4/h5-11,19,30H,12-18H2,1-4H3,(H,32,33)(H,37,38). The minimum absolute atomic E-state index is 0.125. The second kappa shape index (κ2) is 10.5. The number of aryl methyl sites for hydroxylation is 1. The molecule has 1 fully saturated rings. The Bertz CT molecular complexity index is 1410. The number of hydrogen-bond acceptors (Lipinski definition) is 5. The van der Waals surface area contributed by atoms with E-state index in [1.807, 2.05) is 17.7 Å². The molecule has 9 nitrogen and oxygen atoms in total. The zero-order chi connectivity index (χ0) is 26.9. The number of fused-ring (bicyclic) bond motifs is 1. The average Bonchev–Trinajstić information content (AvgIpc) is 3.47. The van der Waals surface area contributed by atoms with Gasteiger partial charge in [-0.25, -0.2) is 14.8 Å². The Morgan fingerprint density at radius 3 is 2.47 bits per heavy atom.